The summed E-state index contributed by atoms with van der Waals surface area (Å²) in [7, 11) is 0. The Balaban J connectivity index is 2.34. The van der Waals surface area contributed by atoms with Gasteiger partial charge in [-0.15, -0.1) is 0 Å². The fourth-order valence-electron chi connectivity index (χ4n) is 2.04. The predicted molar refractivity (Wildman–Crippen MR) is 70.0 cm³/mol. The van der Waals surface area contributed by atoms with Crippen molar-refractivity contribution >= 4 is 23.4 Å². The molecule has 16 heavy (non-hydrogen) atoms. The smallest absolute Gasteiger partial charge is 0.137 e. The van der Waals surface area contributed by atoms with Crippen LogP contribution in [0.15, 0.2) is 6.33 Å². The Morgan fingerprint density at radius 2 is 2.38 bits per heavy atom. The lowest BCUT2D eigenvalue weighted by atomic mass is 10.2. The molecule has 1 aromatic rings. The number of aromatic nitrogens is 2. The van der Waals surface area contributed by atoms with Gasteiger partial charge >= 0.3 is 0 Å². The van der Waals surface area contributed by atoms with E-state index in [2.05, 4.69) is 28.7 Å². The van der Waals surface area contributed by atoms with E-state index in [-0.39, 0.29) is 0 Å². The monoisotopic (exact) mass is 238 g/mol. The summed E-state index contributed by atoms with van der Waals surface area (Å²) in [6.07, 6.45) is 2.46. The standard InChI is InChI=1S/C11H18N4S/c1-3-9-10(12)13-7-14-11(9)15-4-5-16-6-8(15)2/h7-8H,3-6H2,1-2H3,(H2,12,13,14). The van der Waals surface area contributed by atoms with E-state index in [9.17, 15) is 0 Å². The summed E-state index contributed by atoms with van der Waals surface area (Å²) in [6, 6.07) is 0.526. The molecule has 1 aliphatic rings. The first-order chi connectivity index (χ1) is 7.74. The van der Waals surface area contributed by atoms with Crippen molar-refractivity contribution in [2.45, 2.75) is 26.3 Å². The number of hydrogen-bond donors (Lipinski definition) is 1. The summed E-state index contributed by atoms with van der Waals surface area (Å²) in [6.45, 7) is 5.39. The highest BCUT2D eigenvalue weighted by Gasteiger charge is 2.22. The lowest BCUT2D eigenvalue weighted by molar-refractivity contribution is 0.684. The average Bonchev–Trinajstić information content (AvgIpc) is 2.29. The molecule has 1 aromatic heterocycles. The molecule has 0 aromatic carbocycles. The number of hydrogen-bond acceptors (Lipinski definition) is 5. The highest BCUT2D eigenvalue weighted by atomic mass is 32.2. The minimum atomic E-state index is 0.526. The zero-order chi connectivity index (χ0) is 11.5. The molecule has 2 heterocycles. The summed E-state index contributed by atoms with van der Waals surface area (Å²) in [5.41, 5.74) is 6.99. The van der Waals surface area contributed by atoms with Crippen LogP contribution in [0.25, 0.3) is 0 Å². The normalized spacial score (nSPS) is 21.1. The molecule has 1 saturated heterocycles. The van der Waals surface area contributed by atoms with Gasteiger partial charge in [-0.05, 0) is 13.3 Å². The lowest BCUT2D eigenvalue weighted by Crippen LogP contribution is -2.41. The van der Waals surface area contributed by atoms with Gasteiger partial charge in [-0.2, -0.15) is 11.8 Å². The molecule has 0 bridgehead atoms. The van der Waals surface area contributed by atoms with Crippen molar-refractivity contribution in [3.63, 3.8) is 0 Å². The van der Waals surface area contributed by atoms with E-state index in [1.54, 1.807) is 6.33 Å². The van der Waals surface area contributed by atoms with E-state index in [1.807, 2.05) is 11.8 Å². The number of anilines is 2. The number of rotatable bonds is 2. The van der Waals surface area contributed by atoms with E-state index in [1.165, 1.54) is 0 Å². The first-order valence-electron chi connectivity index (χ1n) is 5.67. The highest BCUT2D eigenvalue weighted by Crippen LogP contribution is 2.27. The largest absolute Gasteiger partial charge is 0.383 e. The molecule has 0 amide bonds. The van der Waals surface area contributed by atoms with Gasteiger partial charge in [-0.1, -0.05) is 6.92 Å². The van der Waals surface area contributed by atoms with Crippen molar-refractivity contribution in [1.29, 1.82) is 0 Å². The molecule has 5 heteroatoms. The van der Waals surface area contributed by atoms with E-state index in [0.29, 0.717) is 11.9 Å². The second-order valence-corrected chi connectivity index (χ2v) is 5.18. The Morgan fingerprint density at radius 1 is 1.56 bits per heavy atom. The summed E-state index contributed by atoms with van der Waals surface area (Å²) in [4.78, 5) is 10.8. The molecule has 1 aliphatic heterocycles. The van der Waals surface area contributed by atoms with Crippen LogP contribution >= 0.6 is 11.8 Å². The maximum absolute atomic E-state index is 5.90. The third-order valence-corrected chi connectivity index (χ3v) is 4.14. The summed E-state index contributed by atoms with van der Waals surface area (Å²) >= 11 is 2.00. The second kappa shape index (κ2) is 4.91. The molecule has 0 aliphatic carbocycles. The van der Waals surface area contributed by atoms with Crippen LogP contribution in [0.4, 0.5) is 11.6 Å². The predicted octanol–water partition coefficient (Wildman–Crippen LogP) is 1.56. The van der Waals surface area contributed by atoms with Crippen molar-refractivity contribution in [2.24, 2.45) is 0 Å². The van der Waals surface area contributed by atoms with Gasteiger partial charge < -0.3 is 10.6 Å². The van der Waals surface area contributed by atoms with E-state index < -0.39 is 0 Å². The van der Waals surface area contributed by atoms with Crippen LogP contribution in [0.3, 0.4) is 0 Å². The Hall–Kier alpha value is -0.970. The third-order valence-electron chi connectivity index (χ3n) is 2.95. The van der Waals surface area contributed by atoms with Gasteiger partial charge in [-0.25, -0.2) is 9.97 Å². The van der Waals surface area contributed by atoms with Crippen LogP contribution in [0.1, 0.15) is 19.4 Å². The van der Waals surface area contributed by atoms with Crippen molar-refractivity contribution in [3.05, 3.63) is 11.9 Å². The molecule has 0 radical (unpaired) electrons. The van der Waals surface area contributed by atoms with E-state index >= 15 is 0 Å². The van der Waals surface area contributed by atoms with Gasteiger partial charge in [0.15, 0.2) is 0 Å². The topological polar surface area (TPSA) is 55.0 Å². The average molecular weight is 238 g/mol. The fourth-order valence-corrected chi connectivity index (χ4v) is 3.06. The zero-order valence-corrected chi connectivity index (χ0v) is 10.6. The Morgan fingerprint density at radius 3 is 3.06 bits per heavy atom. The fraction of sp³-hybridized carbons (Fsp3) is 0.636. The highest BCUT2D eigenvalue weighted by molar-refractivity contribution is 7.99. The van der Waals surface area contributed by atoms with Crippen molar-refractivity contribution in [3.8, 4) is 0 Å². The minimum Gasteiger partial charge on any atom is -0.383 e. The molecule has 2 N–H and O–H groups in total. The zero-order valence-electron chi connectivity index (χ0n) is 9.81. The van der Waals surface area contributed by atoms with Crippen LogP contribution < -0.4 is 10.6 Å². The van der Waals surface area contributed by atoms with E-state index in [4.69, 9.17) is 5.73 Å². The Kier molecular flexibility index (Phi) is 3.53. The number of nitrogens with two attached hydrogens (primary N) is 1. The number of nitrogen functional groups attached to an aromatic ring is 1. The van der Waals surface area contributed by atoms with Crippen molar-refractivity contribution in [1.82, 2.24) is 9.97 Å². The molecule has 0 saturated carbocycles. The van der Waals surface area contributed by atoms with Crippen LogP contribution in [-0.2, 0) is 6.42 Å². The first-order valence-corrected chi connectivity index (χ1v) is 6.83. The SMILES string of the molecule is CCc1c(N)ncnc1N1CCSCC1C. The molecule has 1 fully saturated rings. The number of thioether (sulfide) groups is 1. The molecule has 0 spiro atoms. The minimum absolute atomic E-state index is 0.526. The number of nitrogens with zero attached hydrogens (tertiary/aromatic N) is 3. The molecule has 1 atom stereocenters. The Bertz CT molecular complexity index is 369. The van der Waals surface area contributed by atoms with Crippen LogP contribution in [0.2, 0.25) is 0 Å². The lowest BCUT2D eigenvalue weighted by Gasteiger charge is -2.35. The van der Waals surface area contributed by atoms with Crippen LogP contribution in [0.5, 0.6) is 0 Å². The quantitative estimate of drug-likeness (QED) is 0.847. The Labute approximate surface area is 101 Å². The second-order valence-electron chi connectivity index (χ2n) is 4.03. The van der Waals surface area contributed by atoms with Gasteiger partial charge in [0.05, 0.1) is 0 Å². The van der Waals surface area contributed by atoms with Crippen LogP contribution in [-0.4, -0.2) is 34.1 Å². The van der Waals surface area contributed by atoms with E-state index in [0.717, 1.165) is 35.9 Å². The van der Waals surface area contributed by atoms with Gasteiger partial charge in [-0.3, -0.25) is 0 Å². The molecule has 4 nitrogen and oxygen atoms in total. The summed E-state index contributed by atoms with van der Waals surface area (Å²) < 4.78 is 0. The molecular formula is C11H18N4S. The van der Waals surface area contributed by atoms with Gasteiger partial charge in [0.1, 0.15) is 18.0 Å². The van der Waals surface area contributed by atoms with Crippen molar-refractivity contribution < 1.29 is 0 Å². The summed E-state index contributed by atoms with van der Waals surface area (Å²) in [5.74, 6) is 3.98. The summed E-state index contributed by atoms with van der Waals surface area (Å²) in [5, 5.41) is 0. The maximum Gasteiger partial charge on any atom is 0.137 e. The molecule has 2 rings (SSSR count). The van der Waals surface area contributed by atoms with Crippen LogP contribution in [0, 0.1) is 0 Å². The molecular weight excluding hydrogens is 220 g/mol. The van der Waals surface area contributed by atoms with Gasteiger partial charge in [0, 0.05) is 29.7 Å². The first kappa shape index (κ1) is 11.5. The van der Waals surface area contributed by atoms with Gasteiger partial charge in [0.25, 0.3) is 0 Å². The maximum atomic E-state index is 5.90. The van der Waals surface area contributed by atoms with Gasteiger partial charge in [0.2, 0.25) is 0 Å². The van der Waals surface area contributed by atoms with Crippen molar-refractivity contribution in [2.75, 3.05) is 28.7 Å². The third kappa shape index (κ3) is 2.09. The molecule has 1 unspecified atom stereocenters. The molecule has 88 valence electrons.